The van der Waals surface area contributed by atoms with Crippen molar-refractivity contribution in [1.29, 1.82) is 0 Å². The van der Waals surface area contributed by atoms with E-state index in [0.717, 1.165) is 0 Å². The van der Waals surface area contributed by atoms with Crippen LogP contribution in [0.1, 0.15) is 36.3 Å². The molecule has 110 valence electrons. The average molecular weight is 301 g/mol. The Bertz CT molecular complexity index is 517. The van der Waals surface area contributed by atoms with E-state index in [-0.39, 0.29) is 11.7 Å². The van der Waals surface area contributed by atoms with Gasteiger partial charge < -0.3 is 15.5 Å². The van der Waals surface area contributed by atoms with Crippen molar-refractivity contribution in [2.75, 3.05) is 6.54 Å². The molecule has 0 aromatic carbocycles. The van der Waals surface area contributed by atoms with Gasteiger partial charge in [-0.3, -0.25) is 9.59 Å². The van der Waals surface area contributed by atoms with Gasteiger partial charge in [0.15, 0.2) is 0 Å². The fourth-order valence-electron chi connectivity index (χ4n) is 1.62. The van der Waals surface area contributed by atoms with Crippen LogP contribution in [-0.4, -0.2) is 39.2 Å². The molecule has 0 aliphatic carbocycles. The van der Waals surface area contributed by atoms with Crippen LogP contribution < -0.4 is 5.32 Å². The number of nitrogens with zero attached hydrogens (tertiary/aromatic N) is 1. The number of halogens is 1. The molecule has 1 heterocycles. The third kappa shape index (κ3) is 5.14. The van der Waals surface area contributed by atoms with Crippen molar-refractivity contribution in [2.45, 2.75) is 32.3 Å². The van der Waals surface area contributed by atoms with E-state index < -0.39 is 23.9 Å². The maximum absolute atomic E-state index is 11.9. The van der Waals surface area contributed by atoms with Gasteiger partial charge in [0.2, 0.25) is 0 Å². The summed E-state index contributed by atoms with van der Waals surface area (Å²) >= 11 is 5.81. The Balaban J connectivity index is 2.72. The molecule has 1 aromatic heterocycles. The van der Waals surface area contributed by atoms with Gasteiger partial charge in [-0.1, -0.05) is 18.5 Å². The second-order valence-electron chi connectivity index (χ2n) is 4.77. The minimum atomic E-state index is -1.51. The zero-order chi connectivity index (χ0) is 15.3. The number of hydrogen-bond donors (Lipinski definition) is 3. The third-order valence-corrected chi connectivity index (χ3v) is 2.83. The maximum atomic E-state index is 11.9. The summed E-state index contributed by atoms with van der Waals surface area (Å²) < 4.78 is 0. The normalized spacial score (nSPS) is 13.6. The van der Waals surface area contributed by atoms with Crippen LogP contribution in [0.15, 0.2) is 12.1 Å². The van der Waals surface area contributed by atoms with Gasteiger partial charge in [-0.25, -0.2) is 4.98 Å². The lowest BCUT2D eigenvalue weighted by atomic mass is 10.0. The Morgan fingerprint density at radius 1 is 1.45 bits per heavy atom. The van der Waals surface area contributed by atoms with Crippen LogP contribution in [0.3, 0.4) is 0 Å². The second-order valence-corrected chi connectivity index (χ2v) is 5.16. The predicted octanol–water partition coefficient (Wildman–Crippen LogP) is 1.25. The quantitative estimate of drug-likeness (QED) is 0.687. The molecule has 0 aliphatic heterocycles. The van der Waals surface area contributed by atoms with E-state index in [4.69, 9.17) is 16.7 Å². The fraction of sp³-hybridized carbons (Fsp3) is 0.462. The van der Waals surface area contributed by atoms with Gasteiger partial charge in [0.1, 0.15) is 5.15 Å². The van der Waals surface area contributed by atoms with E-state index in [1.54, 1.807) is 6.07 Å². The van der Waals surface area contributed by atoms with E-state index in [2.05, 4.69) is 10.3 Å². The van der Waals surface area contributed by atoms with E-state index in [9.17, 15) is 14.7 Å². The zero-order valence-corrected chi connectivity index (χ0v) is 12.1. The number of carboxylic acid groups (broad SMARTS) is 1. The Morgan fingerprint density at radius 2 is 2.10 bits per heavy atom. The standard InChI is InChI=1S/C13H17ClN2O4/c1-3-9-4-8(5-10(14)16-9)12(19)15-7-13(2,20)6-11(17)18/h4-5,20H,3,6-7H2,1-2H3,(H,15,19)(H,17,18). The lowest BCUT2D eigenvalue weighted by Crippen LogP contribution is -2.42. The van der Waals surface area contributed by atoms with Gasteiger partial charge >= 0.3 is 5.97 Å². The number of carbonyl (C=O) groups excluding carboxylic acids is 1. The highest BCUT2D eigenvalue weighted by atomic mass is 35.5. The minimum Gasteiger partial charge on any atom is -0.481 e. The predicted molar refractivity (Wildman–Crippen MR) is 73.8 cm³/mol. The molecule has 0 spiro atoms. The van der Waals surface area contributed by atoms with E-state index in [0.29, 0.717) is 17.7 Å². The number of hydrogen-bond acceptors (Lipinski definition) is 4. The lowest BCUT2D eigenvalue weighted by molar-refractivity contribution is -0.141. The molecule has 0 saturated heterocycles. The molecule has 0 radical (unpaired) electrons. The van der Waals surface area contributed by atoms with Crippen molar-refractivity contribution >= 4 is 23.5 Å². The number of nitrogens with one attached hydrogen (secondary N) is 1. The smallest absolute Gasteiger partial charge is 0.306 e. The number of aromatic nitrogens is 1. The summed E-state index contributed by atoms with van der Waals surface area (Å²) in [5, 5.41) is 21.1. The summed E-state index contributed by atoms with van der Waals surface area (Å²) in [6, 6.07) is 3.02. The molecule has 1 amide bonds. The highest BCUT2D eigenvalue weighted by Gasteiger charge is 2.25. The highest BCUT2D eigenvalue weighted by molar-refractivity contribution is 6.29. The zero-order valence-electron chi connectivity index (χ0n) is 11.3. The monoisotopic (exact) mass is 300 g/mol. The Labute approximate surface area is 121 Å². The molecule has 7 heteroatoms. The molecule has 1 atom stereocenters. The van der Waals surface area contributed by atoms with Crippen molar-refractivity contribution in [3.8, 4) is 0 Å². The van der Waals surface area contributed by atoms with Crippen molar-refractivity contribution in [2.24, 2.45) is 0 Å². The lowest BCUT2D eigenvalue weighted by Gasteiger charge is -2.21. The van der Waals surface area contributed by atoms with E-state index in [1.807, 2.05) is 6.92 Å². The third-order valence-electron chi connectivity index (χ3n) is 2.63. The van der Waals surface area contributed by atoms with Gasteiger partial charge in [0.05, 0.1) is 12.0 Å². The van der Waals surface area contributed by atoms with Crippen molar-refractivity contribution < 1.29 is 19.8 Å². The van der Waals surface area contributed by atoms with Crippen LogP contribution in [0.25, 0.3) is 0 Å². The molecule has 0 saturated carbocycles. The minimum absolute atomic E-state index is 0.167. The second kappa shape index (κ2) is 6.67. The number of aryl methyl sites for hydroxylation is 1. The topological polar surface area (TPSA) is 99.5 Å². The van der Waals surface area contributed by atoms with Gasteiger partial charge in [0.25, 0.3) is 5.91 Å². The Morgan fingerprint density at radius 3 is 2.65 bits per heavy atom. The van der Waals surface area contributed by atoms with E-state index >= 15 is 0 Å². The van der Waals surface area contributed by atoms with Gasteiger partial charge in [0, 0.05) is 17.8 Å². The van der Waals surface area contributed by atoms with Gasteiger partial charge in [-0.15, -0.1) is 0 Å². The number of rotatable bonds is 6. The van der Waals surface area contributed by atoms with E-state index in [1.165, 1.54) is 13.0 Å². The first-order valence-electron chi connectivity index (χ1n) is 6.12. The van der Waals surface area contributed by atoms with Crippen LogP contribution in [0.5, 0.6) is 0 Å². The summed E-state index contributed by atoms with van der Waals surface area (Å²) in [7, 11) is 0. The summed E-state index contributed by atoms with van der Waals surface area (Å²) in [4.78, 5) is 26.5. The van der Waals surface area contributed by atoms with Crippen LogP contribution >= 0.6 is 11.6 Å². The van der Waals surface area contributed by atoms with Crippen LogP contribution in [-0.2, 0) is 11.2 Å². The number of aliphatic carboxylic acids is 1. The largest absolute Gasteiger partial charge is 0.481 e. The summed E-state index contributed by atoms with van der Waals surface area (Å²) in [6.07, 6.45) is 0.183. The van der Waals surface area contributed by atoms with Crippen LogP contribution in [0, 0.1) is 0 Å². The van der Waals surface area contributed by atoms with Crippen LogP contribution in [0.4, 0.5) is 0 Å². The molecular formula is C13H17ClN2O4. The maximum Gasteiger partial charge on any atom is 0.306 e. The van der Waals surface area contributed by atoms with Crippen molar-refractivity contribution in [3.05, 3.63) is 28.5 Å². The molecular weight excluding hydrogens is 284 g/mol. The molecule has 3 N–H and O–H groups in total. The van der Waals surface area contributed by atoms with Gasteiger partial charge in [-0.2, -0.15) is 0 Å². The molecule has 1 unspecified atom stereocenters. The SMILES string of the molecule is CCc1cc(C(=O)NCC(C)(O)CC(=O)O)cc(Cl)n1. The number of aliphatic hydroxyl groups is 1. The first kappa shape index (κ1) is 16.4. The summed E-state index contributed by atoms with van der Waals surface area (Å²) in [5.74, 6) is -1.57. The number of carboxylic acids is 1. The Hall–Kier alpha value is -1.66. The molecule has 1 aromatic rings. The molecule has 0 bridgehead atoms. The van der Waals surface area contributed by atoms with Crippen molar-refractivity contribution in [3.63, 3.8) is 0 Å². The first-order valence-corrected chi connectivity index (χ1v) is 6.50. The van der Waals surface area contributed by atoms with Crippen molar-refractivity contribution in [1.82, 2.24) is 10.3 Å². The van der Waals surface area contributed by atoms with Crippen LogP contribution in [0.2, 0.25) is 5.15 Å². The number of amides is 1. The molecule has 20 heavy (non-hydrogen) atoms. The Kier molecular flexibility index (Phi) is 5.47. The molecule has 6 nitrogen and oxygen atoms in total. The highest BCUT2D eigenvalue weighted by Crippen LogP contribution is 2.12. The molecule has 0 aliphatic rings. The molecule has 0 fully saturated rings. The number of pyridine rings is 1. The number of carbonyl (C=O) groups is 2. The summed E-state index contributed by atoms with van der Waals surface area (Å²) in [5.41, 5.74) is -0.501. The average Bonchev–Trinajstić information content (AvgIpc) is 2.33. The fourth-order valence-corrected chi connectivity index (χ4v) is 1.85. The van der Waals surface area contributed by atoms with Gasteiger partial charge in [-0.05, 0) is 25.5 Å². The molecule has 1 rings (SSSR count). The summed E-state index contributed by atoms with van der Waals surface area (Å²) in [6.45, 7) is 3.07. The first-order chi connectivity index (χ1) is 9.23.